The molecule has 7 aromatic carbocycles. The van der Waals surface area contributed by atoms with Gasteiger partial charge in [0.2, 0.25) is 0 Å². The number of furan rings is 1. The molecule has 0 N–H and O–H groups in total. The third-order valence-electron chi connectivity index (χ3n) is 13.3. The molecule has 0 saturated heterocycles. The summed E-state index contributed by atoms with van der Waals surface area (Å²) in [6.07, 6.45) is 19.8. The first kappa shape index (κ1) is 45.7. The van der Waals surface area contributed by atoms with Crippen LogP contribution in [0.2, 0.25) is 0 Å². The SMILES string of the molecule is C=C/C(=C\C=C(\F)CC)N(c1cccc2c1OC(C)/C(C)=C\C/C=C\C2C)c1ccc2ccc3c(N(c4ccc(F)cc4)c4cccc5c6c(oc45)C(C)=CC=CC6)ccc4ccc1c2c43.CC. The largest absolute Gasteiger partial charge is 0.484 e. The zero-order valence-electron chi connectivity index (χ0n) is 40.0. The van der Waals surface area contributed by atoms with Crippen LogP contribution in [0.4, 0.5) is 37.2 Å². The minimum absolute atomic E-state index is 0.0672. The first-order valence-electron chi connectivity index (χ1n) is 23.9. The second kappa shape index (κ2) is 19.4. The molecule has 0 radical (unpaired) electrons. The average Bonchev–Trinajstić information content (AvgIpc) is 3.65. The van der Waals surface area contributed by atoms with E-state index in [1.807, 2.05) is 39.0 Å². The number of benzene rings is 7. The van der Waals surface area contributed by atoms with Crippen LogP contribution in [0.3, 0.4) is 0 Å². The Hall–Kier alpha value is -7.44. The summed E-state index contributed by atoms with van der Waals surface area (Å²) in [5, 5.41) is 7.40. The van der Waals surface area contributed by atoms with E-state index in [0.29, 0.717) is 5.70 Å². The van der Waals surface area contributed by atoms with E-state index < -0.39 is 0 Å². The van der Waals surface area contributed by atoms with E-state index in [4.69, 9.17) is 9.15 Å². The number of para-hydroxylation sites is 2. The minimum Gasteiger partial charge on any atom is -0.484 e. The van der Waals surface area contributed by atoms with Crippen LogP contribution in [0.5, 0.6) is 5.75 Å². The van der Waals surface area contributed by atoms with E-state index in [2.05, 4.69) is 165 Å². The lowest BCUT2D eigenvalue weighted by Crippen LogP contribution is -2.21. The fourth-order valence-electron chi connectivity index (χ4n) is 9.70. The van der Waals surface area contributed by atoms with E-state index in [1.54, 1.807) is 6.08 Å². The topological polar surface area (TPSA) is 28.9 Å². The lowest BCUT2D eigenvalue weighted by Gasteiger charge is -2.32. The molecule has 0 spiro atoms. The van der Waals surface area contributed by atoms with E-state index >= 15 is 4.39 Å². The molecule has 0 amide bonds. The number of nitrogens with zero attached hydrogens (tertiary/aromatic N) is 2. The van der Waals surface area contributed by atoms with Crippen molar-refractivity contribution in [3.63, 3.8) is 0 Å². The number of ether oxygens (including phenoxy) is 1. The summed E-state index contributed by atoms with van der Waals surface area (Å²) in [5.74, 6) is 1.17. The van der Waals surface area contributed by atoms with Gasteiger partial charge in [-0.3, -0.25) is 0 Å². The van der Waals surface area contributed by atoms with Crippen LogP contribution < -0.4 is 14.5 Å². The van der Waals surface area contributed by atoms with Gasteiger partial charge < -0.3 is 19.0 Å². The third-order valence-corrected chi connectivity index (χ3v) is 13.3. The van der Waals surface area contributed by atoms with Gasteiger partial charge in [-0.25, -0.2) is 8.78 Å². The number of allylic oxidation sites excluding steroid dienone is 11. The Bertz CT molecular complexity index is 3380. The number of hydrogen-bond donors (Lipinski definition) is 0. The van der Waals surface area contributed by atoms with Crippen LogP contribution in [0.25, 0.3) is 48.9 Å². The Morgan fingerprint density at radius 1 is 0.765 bits per heavy atom. The highest BCUT2D eigenvalue weighted by Gasteiger charge is 2.28. The quantitative estimate of drug-likeness (QED) is 0.0820. The molecule has 2 atom stereocenters. The molecule has 68 heavy (non-hydrogen) atoms. The van der Waals surface area contributed by atoms with Crippen molar-refractivity contribution < 1.29 is 17.9 Å². The molecule has 1 aliphatic carbocycles. The lowest BCUT2D eigenvalue weighted by molar-refractivity contribution is 0.255. The third kappa shape index (κ3) is 8.23. The van der Waals surface area contributed by atoms with Crippen LogP contribution in [-0.2, 0) is 6.42 Å². The van der Waals surface area contributed by atoms with Crippen molar-refractivity contribution in [1.82, 2.24) is 0 Å². The number of rotatable bonds is 9. The summed E-state index contributed by atoms with van der Waals surface area (Å²) >= 11 is 0. The summed E-state index contributed by atoms with van der Waals surface area (Å²) < 4.78 is 43.6. The van der Waals surface area contributed by atoms with Crippen LogP contribution >= 0.6 is 0 Å². The van der Waals surface area contributed by atoms with Crippen LogP contribution in [0.1, 0.15) is 84.1 Å². The predicted molar refractivity (Wildman–Crippen MR) is 285 cm³/mol. The van der Waals surface area contributed by atoms with Crippen molar-refractivity contribution in [2.45, 2.75) is 79.8 Å². The van der Waals surface area contributed by atoms with Gasteiger partial charge in [0.25, 0.3) is 0 Å². The maximum Gasteiger partial charge on any atom is 0.159 e. The van der Waals surface area contributed by atoms with Crippen LogP contribution in [0, 0.1) is 5.82 Å². The van der Waals surface area contributed by atoms with Gasteiger partial charge in [0.1, 0.15) is 23.4 Å². The maximum atomic E-state index is 15.1. The molecule has 0 saturated carbocycles. The first-order chi connectivity index (χ1) is 33.1. The molecule has 0 bridgehead atoms. The smallest absolute Gasteiger partial charge is 0.159 e. The van der Waals surface area contributed by atoms with Crippen molar-refractivity contribution in [3.8, 4) is 5.75 Å². The van der Waals surface area contributed by atoms with Crippen molar-refractivity contribution in [1.29, 1.82) is 0 Å². The van der Waals surface area contributed by atoms with Gasteiger partial charge >= 0.3 is 0 Å². The normalized spacial score (nSPS) is 17.6. The Morgan fingerprint density at radius 3 is 2.16 bits per heavy atom. The van der Waals surface area contributed by atoms with Gasteiger partial charge in [-0.1, -0.05) is 131 Å². The summed E-state index contributed by atoms with van der Waals surface area (Å²) in [7, 11) is 0. The Kier molecular flexibility index (Phi) is 13.1. The Labute approximate surface area is 399 Å². The molecule has 4 nitrogen and oxygen atoms in total. The first-order valence-corrected chi connectivity index (χ1v) is 23.9. The van der Waals surface area contributed by atoms with Crippen LogP contribution in [-0.4, -0.2) is 6.10 Å². The fraction of sp³-hybridized carbons (Fsp3) is 0.194. The Morgan fingerprint density at radius 2 is 1.44 bits per heavy atom. The molecule has 2 unspecified atom stereocenters. The molecular weight excluding hydrogens is 843 g/mol. The molecule has 342 valence electrons. The van der Waals surface area contributed by atoms with Gasteiger partial charge in [0.05, 0.1) is 28.6 Å². The molecule has 1 aromatic heterocycles. The molecule has 2 heterocycles. The predicted octanol–water partition coefficient (Wildman–Crippen LogP) is 18.7. The highest BCUT2D eigenvalue weighted by atomic mass is 19.1. The number of fused-ring (bicyclic) bond motifs is 4. The molecule has 10 rings (SSSR count). The van der Waals surface area contributed by atoms with Crippen molar-refractivity contribution in [2.75, 3.05) is 9.80 Å². The minimum atomic E-state index is -0.309. The van der Waals surface area contributed by atoms with E-state index in [1.165, 1.54) is 18.2 Å². The van der Waals surface area contributed by atoms with Crippen molar-refractivity contribution in [3.05, 3.63) is 210 Å². The van der Waals surface area contributed by atoms with Crippen molar-refractivity contribution in [2.24, 2.45) is 0 Å². The van der Waals surface area contributed by atoms with Gasteiger partial charge in [0.15, 0.2) is 5.58 Å². The monoisotopic (exact) mass is 900 g/mol. The number of anilines is 5. The lowest BCUT2D eigenvalue weighted by atomic mass is 9.91. The standard InChI is InChI=1S/C60H52F2N2O2.C2H6/c1-7-43(61)27-30-45(8-2)63(54-21-13-19-47-38(4)16-10-9-15-37(3)40(6)65-59(47)54)52-35-25-41-24-34-51-53(36-26-42-23-33-50(52)56(41)57(42)51)64(46-31-28-44(62)29-32-46)55-22-14-20-49-48-18-12-11-17-39(5)58(48)66-60(49)55;1-2/h8,10-17,19-36,38,40H,2,7,9,18H2,1,3-6H3;1-2H3/b16-10-,37-15-,43-27+,45-30+;. The average molecular weight is 901 g/mol. The van der Waals surface area contributed by atoms with Gasteiger partial charge in [0, 0.05) is 44.6 Å². The van der Waals surface area contributed by atoms with Gasteiger partial charge in [-0.15, -0.1) is 0 Å². The highest BCUT2D eigenvalue weighted by Crippen LogP contribution is 2.50. The molecule has 6 heteroatoms. The zero-order valence-corrected chi connectivity index (χ0v) is 40.0. The highest BCUT2D eigenvalue weighted by molar-refractivity contribution is 6.28. The summed E-state index contributed by atoms with van der Waals surface area (Å²) in [4.78, 5) is 4.37. The summed E-state index contributed by atoms with van der Waals surface area (Å²) in [5.41, 5.74) is 10.2. The molecule has 2 aliphatic rings. The van der Waals surface area contributed by atoms with E-state index in [0.717, 1.165) is 118 Å². The van der Waals surface area contributed by atoms with Crippen molar-refractivity contribution >= 4 is 77.3 Å². The summed E-state index contributed by atoms with van der Waals surface area (Å²) in [6, 6.07) is 36.7. The number of hydrogen-bond acceptors (Lipinski definition) is 4. The molecule has 8 aromatic rings. The molecule has 0 fully saturated rings. The summed E-state index contributed by atoms with van der Waals surface area (Å²) in [6.45, 7) is 18.6. The second-order valence-corrected chi connectivity index (χ2v) is 17.4. The zero-order chi connectivity index (χ0) is 47.6. The Balaban J connectivity index is 0.00000285. The van der Waals surface area contributed by atoms with E-state index in [-0.39, 0.29) is 30.1 Å². The maximum absolute atomic E-state index is 15.1. The molecule has 1 aliphatic heterocycles. The fourth-order valence-corrected chi connectivity index (χ4v) is 9.70. The number of halogens is 2. The van der Waals surface area contributed by atoms with Crippen LogP contribution in [0.15, 0.2) is 192 Å². The van der Waals surface area contributed by atoms with E-state index in [9.17, 15) is 4.39 Å². The second-order valence-electron chi connectivity index (χ2n) is 17.4. The molecular formula is C62H58F2N2O2. The van der Waals surface area contributed by atoms with Gasteiger partial charge in [-0.2, -0.15) is 0 Å². The van der Waals surface area contributed by atoms with Gasteiger partial charge in [-0.05, 0) is 139 Å².